The Labute approximate surface area is 186 Å². The van der Waals surface area contributed by atoms with Crippen molar-refractivity contribution >= 4 is 21.9 Å². The Morgan fingerprint density at radius 3 is 2.69 bits per heavy atom. The molecule has 2 heterocycles. The fourth-order valence-corrected chi connectivity index (χ4v) is 4.55. The maximum Gasteiger partial charge on any atom is 0.534 e. The summed E-state index contributed by atoms with van der Waals surface area (Å²) in [5.74, 6) is 0.0267. The van der Waals surface area contributed by atoms with Crippen LogP contribution in [0.15, 0.2) is 28.4 Å². The van der Waals surface area contributed by atoms with Gasteiger partial charge in [-0.25, -0.2) is 0 Å². The van der Waals surface area contributed by atoms with Crippen LogP contribution in [0.4, 0.5) is 13.2 Å². The number of allylic oxidation sites excluding steroid dienone is 2. The zero-order valence-corrected chi connectivity index (χ0v) is 19.1. The monoisotopic (exact) mass is 474 g/mol. The van der Waals surface area contributed by atoms with Crippen LogP contribution in [-0.4, -0.2) is 31.7 Å². The zero-order valence-electron chi connectivity index (χ0n) is 18.3. The van der Waals surface area contributed by atoms with Crippen LogP contribution >= 0.6 is 0 Å². The lowest BCUT2D eigenvalue weighted by molar-refractivity contribution is -0.0501. The standard InChI is InChI=1S/C22H29F3N2O4S/c1-3-4-9-15-10-7-5-6-8-11-18-17(15)12-16(26-18)13-19-20(30-2)14-21(27-19)31-32(28,29)22(23,24)25/h12-15,27H,3-11H2,1-2H3/b16-13-. The second-order valence-electron chi connectivity index (χ2n) is 8.12. The quantitative estimate of drug-likeness (QED) is 0.381. The van der Waals surface area contributed by atoms with Gasteiger partial charge in [0.1, 0.15) is 5.75 Å². The third-order valence-corrected chi connectivity index (χ3v) is 6.71. The van der Waals surface area contributed by atoms with Crippen molar-refractivity contribution in [3.05, 3.63) is 29.1 Å². The fourth-order valence-electron chi connectivity index (χ4n) is 4.13. The summed E-state index contributed by atoms with van der Waals surface area (Å²) in [6, 6.07) is 1.07. The number of nitrogens with one attached hydrogen (secondary N) is 1. The molecule has 1 aliphatic carbocycles. The topological polar surface area (TPSA) is 80.8 Å². The summed E-state index contributed by atoms with van der Waals surface area (Å²) in [5, 5.41) is 0. The highest BCUT2D eigenvalue weighted by Crippen LogP contribution is 2.36. The molecular weight excluding hydrogens is 445 g/mol. The molecule has 1 N–H and O–H groups in total. The number of aromatic nitrogens is 1. The number of H-pyrrole nitrogens is 1. The van der Waals surface area contributed by atoms with Gasteiger partial charge in [0.05, 0.1) is 18.5 Å². The van der Waals surface area contributed by atoms with Crippen LogP contribution < -0.4 is 8.92 Å². The molecule has 1 aromatic rings. The van der Waals surface area contributed by atoms with Crippen molar-refractivity contribution in [3.8, 4) is 11.6 Å². The van der Waals surface area contributed by atoms with Gasteiger partial charge in [-0.05, 0) is 49.3 Å². The Morgan fingerprint density at radius 1 is 1.25 bits per heavy atom. The summed E-state index contributed by atoms with van der Waals surface area (Å²) in [6.07, 6.45) is 13.7. The number of nitrogens with zero attached hydrogens (tertiary/aromatic N) is 1. The van der Waals surface area contributed by atoms with E-state index in [1.807, 2.05) is 6.08 Å². The Hall–Kier alpha value is -2.23. The van der Waals surface area contributed by atoms with Gasteiger partial charge in [-0.1, -0.05) is 39.0 Å². The number of fused-ring (bicyclic) bond motifs is 1. The van der Waals surface area contributed by atoms with E-state index in [1.165, 1.54) is 31.9 Å². The highest BCUT2D eigenvalue weighted by Gasteiger charge is 2.49. The molecule has 6 nitrogen and oxygen atoms in total. The first-order chi connectivity index (χ1) is 15.1. The van der Waals surface area contributed by atoms with Gasteiger partial charge in [-0.15, -0.1) is 0 Å². The van der Waals surface area contributed by atoms with Gasteiger partial charge >= 0.3 is 15.6 Å². The van der Waals surface area contributed by atoms with Crippen molar-refractivity contribution in [1.29, 1.82) is 0 Å². The first kappa shape index (κ1) is 24.4. The third-order valence-electron chi connectivity index (χ3n) is 5.74. The third kappa shape index (κ3) is 5.76. The van der Waals surface area contributed by atoms with E-state index in [1.54, 1.807) is 6.08 Å². The minimum atomic E-state index is -5.78. The summed E-state index contributed by atoms with van der Waals surface area (Å²) < 4.78 is 69.9. The Balaban J connectivity index is 1.90. The van der Waals surface area contributed by atoms with Crippen LogP contribution in [0.2, 0.25) is 0 Å². The second-order valence-corrected chi connectivity index (χ2v) is 9.66. The Kier molecular flexibility index (Phi) is 7.74. The Morgan fingerprint density at radius 2 is 2.00 bits per heavy atom. The normalized spacial score (nSPS) is 21.3. The zero-order chi connectivity index (χ0) is 23.4. The number of aromatic amines is 1. The molecule has 10 heteroatoms. The van der Waals surface area contributed by atoms with Crippen molar-refractivity contribution in [2.45, 2.75) is 70.2 Å². The van der Waals surface area contributed by atoms with Crippen LogP contribution in [-0.2, 0) is 10.1 Å². The molecule has 0 spiro atoms. The van der Waals surface area contributed by atoms with Gasteiger partial charge in [0.2, 0.25) is 5.88 Å². The number of unbranched alkanes of at least 4 members (excludes halogenated alkanes) is 1. The van der Waals surface area contributed by atoms with E-state index in [0.29, 0.717) is 11.6 Å². The summed E-state index contributed by atoms with van der Waals surface area (Å²) in [4.78, 5) is 7.32. The van der Waals surface area contributed by atoms with Gasteiger partial charge in [0.25, 0.3) is 0 Å². The number of methoxy groups -OCH3 is 1. The lowest BCUT2D eigenvalue weighted by Gasteiger charge is -2.18. The maximum atomic E-state index is 12.6. The van der Waals surface area contributed by atoms with Gasteiger partial charge in [0, 0.05) is 11.8 Å². The summed E-state index contributed by atoms with van der Waals surface area (Å²) in [6.45, 7) is 2.18. The highest BCUT2D eigenvalue weighted by atomic mass is 32.2. The van der Waals surface area contributed by atoms with Crippen molar-refractivity contribution in [1.82, 2.24) is 4.98 Å². The van der Waals surface area contributed by atoms with Crippen molar-refractivity contribution < 1.29 is 30.5 Å². The van der Waals surface area contributed by atoms with E-state index >= 15 is 0 Å². The molecular formula is C22H29F3N2O4S. The molecule has 1 saturated carbocycles. The maximum absolute atomic E-state index is 12.6. The van der Waals surface area contributed by atoms with E-state index < -0.39 is 21.5 Å². The van der Waals surface area contributed by atoms with Crippen LogP contribution in [0.3, 0.4) is 0 Å². The van der Waals surface area contributed by atoms with Crippen molar-refractivity contribution in [2.75, 3.05) is 7.11 Å². The minimum Gasteiger partial charge on any atom is -0.494 e. The number of hydrogen-bond acceptors (Lipinski definition) is 5. The van der Waals surface area contributed by atoms with Crippen LogP contribution in [0.1, 0.15) is 70.4 Å². The number of hydrogen-bond donors (Lipinski definition) is 1. The number of alkyl halides is 3. The minimum absolute atomic E-state index is 0.159. The van der Waals surface area contributed by atoms with Gasteiger partial charge in [-0.2, -0.15) is 21.6 Å². The van der Waals surface area contributed by atoms with Crippen LogP contribution in [0.5, 0.6) is 11.6 Å². The van der Waals surface area contributed by atoms with E-state index in [4.69, 9.17) is 9.73 Å². The summed E-state index contributed by atoms with van der Waals surface area (Å²) in [5.41, 5.74) is -2.27. The lowest BCUT2D eigenvalue weighted by atomic mass is 9.86. The first-order valence-corrected chi connectivity index (χ1v) is 12.3. The smallest absolute Gasteiger partial charge is 0.494 e. The highest BCUT2D eigenvalue weighted by molar-refractivity contribution is 7.87. The van der Waals surface area contributed by atoms with E-state index in [9.17, 15) is 21.6 Å². The van der Waals surface area contributed by atoms with Gasteiger partial charge in [0.15, 0.2) is 0 Å². The average molecular weight is 475 g/mol. The van der Waals surface area contributed by atoms with Crippen molar-refractivity contribution in [3.63, 3.8) is 0 Å². The van der Waals surface area contributed by atoms with E-state index in [0.717, 1.165) is 50.3 Å². The van der Waals surface area contributed by atoms with Crippen LogP contribution in [0, 0.1) is 5.92 Å². The van der Waals surface area contributed by atoms with E-state index in [2.05, 4.69) is 16.1 Å². The SMILES string of the molecule is CCCCC1CCCCCCC2=N/C(=C\c3[nH]c(OS(=O)(=O)C(F)(F)F)cc3OC)C=C21. The molecule has 1 unspecified atom stereocenters. The molecule has 32 heavy (non-hydrogen) atoms. The molecule has 0 saturated heterocycles. The predicted molar refractivity (Wildman–Crippen MR) is 117 cm³/mol. The number of ether oxygens (including phenoxy) is 1. The fraction of sp³-hybridized carbons (Fsp3) is 0.591. The largest absolute Gasteiger partial charge is 0.534 e. The first-order valence-electron chi connectivity index (χ1n) is 10.9. The number of rotatable bonds is 7. The second kappa shape index (κ2) is 10.1. The molecule has 0 bridgehead atoms. The lowest BCUT2D eigenvalue weighted by Crippen LogP contribution is -2.28. The molecule has 2 aliphatic rings. The van der Waals surface area contributed by atoms with E-state index in [-0.39, 0.29) is 11.4 Å². The molecule has 1 atom stereocenters. The molecule has 0 aromatic carbocycles. The molecule has 0 amide bonds. The molecule has 1 fully saturated rings. The van der Waals surface area contributed by atoms with Gasteiger partial charge < -0.3 is 13.9 Å². The molecule has 1 aromatic heterocycles. The predicted octanol–water partition coefficient (Wildman–Crippen LogP) is 6.13. The molecule has 1 aliphatic heterocycles. The molecule has 3 rings (SSSR count). The van der Waals surface area contributed by atoms with Crippen LogP contribution in [0.25, 0.3) is 6.08 Å². The van der Waals surface area contributed by atoms with Crippen molar-refractivity contribution in [2.24, 2.45) is 10.9 Å². The average Bonchev–Trinajstić information content (AvgIpc) is 3.30. The molecule has 0 radical (unpaired) electrons. The summed E-state index contributed by atoms with van der Waals surface area (Å²) in [7, 11) is -4.44. The van der Waals surface area contributed by atoms with Gasteiger partial charge in [-0.3, -0.25) is 4.99 Å². The summed E-state index contributed by atoms with van der Waals surface area (Å²) >= 11 is 0. The number of aliphatic imine (C=N–C) groups is 1. The molecule has 178 valence electrons. The number of halogens is 3. The Bertz CT molecular complexity index is 1010.